The summed E-state index contributed by atoms with van der Waals surface area (Å²) in [5, 5.41) is 3.37. The van der Waals surface area contributed by atoms with E-state index in [1.165, 1.54) is 11.3 Å². The summed E-state index contributed by atoms with van der Waals surface area (Å²) >= 11 is 0. The van der Waals surface area contributed by atoms with Crippen molar-refractivity contribution in [3.8, 4) is 0 Å². The van der Waals surface area contributed by atoms with Crippen LogP contribution in [0.5, 0.6) is 0 Å². The summed E-state index contributed by atoms with van der Waals surface area (Å²) in [6.45, 7) is 7.44. The summed E-state index contributed by atoms with van der Waals surface area (Å²) in [6, 6.07) is 0. The molecule has 2 aliphatic rings. The maximum absolute atomic E-state index is 12.4. The van der Waals surface area contributed by atoms with Crippen molar-refractivity contribution in [2.45, 2.75) is 32.9 Å². The normalized spacial score (nSPS) is 29.5. The number of alkyl halides is 3. The van der Waals surface area contributed by atoms with Crippen molar-refractivity contribution in [2.24, 2.45) is 22.7 Å². The fourth-order valence-electron chi connectivity index (χ4n) is 3.88. The molecule has 142 valence electrons. The first kappa shape index (κ1) is 21.8. The minimum absolute atomic E-state index is 0. The van der Waals surface area contributed by atoms with Crippen molar-refractivity contribution in [1.29, 1.82) is 0 Å². The van der Waals surface area contributed by atoms with Crippen molar-refractivity contribution in [3.05, 3.63) is 0 Å². The molecule has 4 nitrogen and oxygen atoms in total. The van der Waals surface area contributed by atoms with Gasteiger partial charge in [0.15, 0.2) is 5.96 Å². The first-order chi connectivity index (χ1) is 10.8. The highest BCUT2D eigenvalue weighted by molar-refractivity contribution is 14.0. The zero-order valence-electron chi connectivity index (χ0n) is 14.8. The number of likely N-dealkylation sites (tertiary alicyclic amines) is 2. The van der Waals surface area contributed by atoms with Crippen LogP contribution in [0.15, 0.2) is 4.99 Å². The van der Waals surface area contributed by atoms with Crippen LogP contribution in [0.4, 0.5) is 13.2 Å². The Morgan fingerprint density at radius 1 is 1.17 bits per heavy atom. The van der Waals surface area contributed by atoms with Gasteiger partial charge in [-0.1, -0.05) is 13.8 Å². The van der Waals surface area contributed by atoms with Crippen LogP contribution in [0.2, 0.25) is 0 Å². The SMILES string of the molecule is CN=C(NCC1CCN(CC(F)(F)F)C1)N1CC(C)CC(C)C1.I. The molecule has 2 fully saturated rings. The Balaban J connectivity index is 0.00000288. The summed E-state index contributed by atoms with van der Waals surface area (Å²) in [4.78, 5) is 8.14. The maximum Gasteiger partial charge on any atom is 0.401 e. The Labute approximate surface area is 160 Å². The smallest absolute Gasteiger partial charge is 0.356 e. The Bertz CT molecular complexity index is 407. The maximum atomic E-state index is 12.4. The number of piperidine rings is 1. The minimum Gasteiger partial charge on any atom is -0.356 e. The molecular weight excluding hydrogens is 432 g/mol. The summed E-state index contributed by atoms with van der Waals surface area (Å²) in [7, 11) is 1.77. The Kier molecular flexibility index (Phi) is 8.58. The van der Waals surface area contributed by atoms with Gasteiger partial charge in [0.1, 0.15) is 0 Å². The number of halogens is 4. The highest BCUT2D eigenvalue weighted by atomic mass is 127. The number of aliphatic imine (C=N–C) groups is 1. The van der Waals surface area contributed by atoms with E-state index in [1.54, 1.807) is 7.05 Å². The summed E-state index contributed by atoms with van der Waals surface area (Å²) in [5.74, 6) is 2.43. The average Bonchev–Trinajstić information content (AvgIpc) is 2.83. The third kappa shape index (κ3) is 6.93. The predicted molar refractivity (Wildman–Crippen MR) is 102 cm³/mol. The highest BCUT2D eigenvalue weighted by Gasteiger charge is 2.34. The molecule has 0 aromatic heterocycles. The van der Waals surface area contributed by atoms with Gasteiger partial charge in [0.05, 0.1) is 6.54 Å². The zero-order valence-corrected chi connectivity index (χ0v) is 17.1. The number of hydrogen-bond donors (Lipinski definition) is 1. The molecule has 0 spiro atoms. The molecule has 2 heterocycles. The first-order valence-corrected chi connectivity index (χ1v) is 8.51. The van der Waals surface area contributed by atoms with E-state index < -0.39 is 12.7 Å². The second-order valence-electron chi connectivity index (χ2n) is 7.28. The molecule has 0 amide bonds. The molecule has 3 atom stereocenters. The van der Waals surface area contributed by atoms with Crippen LogP contribution in [0.25, 0.3) is 0 Å². The Hall–Kier alpha value is -0.250. The summed E-state index contributed by atoms with van der Waals surface area (Å²) < 4.78 is 37.3. The van der Waals surface area contributed by atoms with Gasteiger partial charge in [-0.15, -0.1) is 24.0 Å². The molecule has 0 saturated carbocycles. The zero-order chi connectivity index (χ0) is 17.0. The van der Waals surface area contributed by atoms with Crippen LogP contribution in [0.1, 0.15) is 26.7 Å². The van der Waals surface area contributed by atoms with Gasteiger partial charge in [-0.25, -0.2) is 0 Å². The lowest BCUT2D eigenvalue weighted by Gasteiger charge is -2.37. The first-order valence-electron chi connectivity index (χ1n) is 8.51. The van der Waals surface area contributed by atoms with E-state index in [0.29, 0.717) is 31.5 Å². The second kappa shape index (κ2) is 9.45. The fourth-order valence-corrected chi connectivity index (χ4v) is 3.88. The van der Waals surface area contributed by atoms with Gasteiger partial charge in [-0.05, 0) is 37.1 Å². The molecule has 0 radical (unpaired) electrons. The van der Waals surface area contributed by atoms with Crippen LogP contribution in [0.3, 0.4) is 0 Å². The fraction of sp³-hybridized carbons (Fsp3) is 0.938. The van der Waals surface area contributed by atoms with Crippen LogP contribution >= 0.6 is 24.0 Å². The largest absolute Gasteiger partial charge is 0.401 e. The molecule has 0 bridgehead atoms. The number of nitrogens with one attached hydrogen (secondary N) is 1. The lowest BCUT2D eigenvalue weighted by Crippen LogP contribution is -2.49. The van der Waals surface area contributed by atoms with E-state index in [4.69, 9.17) is 0 Å². The minimum atomic E-state index is -4.10. The van der Waals surface area contributed by atoms with Crippen molar-refractivity contribution < 1.29 is 13.2 Å². The van der Waals surface area contributed by atoms with Crippen molar-refractivity contribution in [3.63, 3.8) is 0 Å². The predicted octanol–water partition coefficient (Wildman–Crippen LogP) is 3.04. The van der Waals surface area contributed by atoms with Gasteiger partial charge < -0.3 is 10.2 Å². The van der Waals surface area contributed by atoms with Crippen molar-refractivity contribution in [2.75, 3.05) is 46.3 Å². The van der Waals surface area contributed by atoms with E-state index >= 15 is 0 Å². The van der Waals surface area contributed by atoms with E-state index in [9.17, 15) is 13.2 Å². The molecule has 2 aliphatic heterocycles. The van der Waals surface area contributed by atoms with Gasteiger partial charge >= 0.3 is 6.18 Å². The van der Waals surface area contributed by atoms with E-state index in [2.05, 4.69) is 29.1 Å². The molecule has 0 aliphatic carbocycles. The molecule has 3 unspecified atom stereocenters. The van der Waals surface area contributed by atoms with E-state index in [-0.39, 0.29) is 29.9 Å². The van der Waals surface area contributed by atoms with Gasteiger partial charge in [-0.2, -0.15) is 13.2 Å². The van der Waals surface area contributed by atoms with Gasteiger partial charge in [0.25, 0.3) is 0 Å². The number of rotatable bonds is 3. The van der Waals surface area contributed by atoms with E-state index in [1.807, 2.05) is 0 Å². The molecule has 1 N–H and O–H groups in total. The van der Waals surface area contributed by atoms with Crippen LogP contribution < -0.4 is 5.32 Å². The van der Waals surface area contributed by atoms with Crippen molar-refractivity contribution in [1.82, 2.24) is 15.1 Å². The standard InChI is InChI=1S/C16H29F3N4.HI/c1-12-6-13(2)9-23(8-12)15(20-3)21-7-14-4-5-22(10-14)11-16(17,18)19;/h12-14H,4-11H2,1-3H3,(H,20,21);1H. The van der Waals surface area contributed by atoms with Gasteiger partial charge in [0, 0.05) is 33.2 Å². The van der Waals surface area contributed by atoms with Crippen LogP contribution in [-0.2, 0) is 0 Å². The van der Waals surface area contributed by atoms with Crippen LogP contribution in [-0.4, -0.2) is 68.3 Å². The lowest BCUT2D eigenvalue weighted by molar-refractivity contribution is -0.143. The topological polar surface area (TPSA) is 30.9 Å². The second-order valence-corrected chi connectivity index (χ2v) is 7.28. The molecule has 24 heavy (non-hydrogen) atoms. The molecule has 0 aromatic carbocycles. The van der Waals surface area contributed by atoms with E-state index in [0.717, 1.165) is 25.5 Å². The number of nitrogens with zero attached hydrogens (tertiary/aromatic N) is 3. The van der Waals surface area contributed by atoms with Crippen molar-refractivity contribution >= 4 is 29.9 Å². The third-order valence-electron chi connectivity index (χ3n) is 4.70. The number of guanidine groups is 1. The quantitative estimate of drug-likeness (QED) is 0.398. The molecule has 2 saturated heterocycles. The summed E-state index contributed by atoms with van der Waals surface area (Å²) in [5.41, 5.74) is 0. The average molecular weight is 462 g/mol. The lowest BCUT2D eigenvalue weighted by atomic mass is 9.92. The van der Waals surface area contributed by atoms with Gasteiger partial charge in [0.2, 0.25) is 0 Å². The monoisotopic (exact) mass is 462 g/mol. The highest BCUT2D eigenvalue weighted by Crippen LogP contribution is 2.23. The molecule has 2 rings (SSSR count). The summed E-state index contributed by atoms with van der Waals surface area (Å²) in [6.07, 6.45) is -2.05. The number of hydrogen-bond acceptors (Lipinski definition) is 2. The third-order valence-corrected chi connectivity index (χ3v) is 4.70. The van der Waals surface area contributed by atoms with Crippen LogP contribution in [0, 0.1) is 17.8 Å². The Morgan fingerprint density at radius 2 is 1.79 bits per heavy atom. The van der Waals surface area contributed by atoms with Gasteiger partial charge in [-0.3, -0.25) is 9.89 Å². The molecular formula is C16H30F3IN4. The molecule has 0 aromatic rings. The molecule has 8 heteroatoms. The Morgan fingerprint density at radius 3 is 2.33 bits per heavy atom.